The lowest BCUT2D eigenvalue weighted by atomic mass is 9.76. The number of benzene rings is 1. The van der Waals surface area contributed by atoms with Crippen molar-refractivity contribution >= 4 is 5.91 Å². The van der Waals surface area contributed by atoms with E-state index in [-0.39, 0.29) is 5.91 Å². The van der Waals surface area contributed by atoms with Crippen molar-refractivity contribution in [3.05, 3.63) is 35.9 Å². The lowest BCUT2D eigenvalue weighted by Crippen LogP contribution is -2.48. The largest absolute Gasteiger partial charge is 0.387 e. The first-order valence-corrected chi connectivity index (χ1v) is 6.70. The molecule has 0 bridgehead atoms. The number of rotatable bonds is 3. The van der Waals surface area contributed by atoms with Crippen LogP contribution in [0.15, 0.2) is 30.3 Å². The van der Waals surface area contributed by atoms with Crippen LogP contribution in [-0.2, 0) is 4.79 Å². The molecule has 19 heavy (non-hydrogen) atoms. The molecule has 2 N–H and O–H groups in total. The summed E-state index contributed by atoms with van der Waals surface area (Å²) < 4.78 is 13.3. The van der Waals surface area contributed by atoms with E-state index in [4.69, 9.17) is 0 Å². The molecule has 1 saturated carbocycles. The zero-order chi connectivity index (χ0) is 13.9. The Balaban J connectivity index is 2.25. The summed E-state index contributed by atoms with van der Waals surface area (Å²) in [6.45, 7) is 1.43. The molecule has 3 nitrogen and oxygen atoms in total. The Morgan fingerprint density at radius 1 is 1.37 bits per heavy atom. The fourth-order valence-electron chi connectivity index (χ4n) is 2.75. The Morgan fingerprint density at radius 3 is 2.47 bits per heavy atom. The highest BCUT2D eigenvalue weighted by molar-refractivity contribution is 5.73. The van der Waals surface area contributed by atoms with Gasteiger partial charge in [0.2, 0.25) is 5.91 Å². The van der Waals surface area contributed by atoms with Crippen LogP contribution in [0.1, 0.15) is 44.2 Å². The summed E-state index contributed by atoms with van der Waals surface area (Å²) in [5.74, 6) is -0.190. The summed E-state index contributed by atoms with van der Waals surface area (Å²) >= 11 is 0. The zero-order valence-electron chi connectivity index (χ0n) is 11.1. The van der Waals surface area contributed by atoms with Crippen LogP contribution in [0, 0.1) is 0 Å². The molecule has 0 heterocycles. The molecule has 0 aromatic heterocycles. The number of alkyl halides is 1. The second-order valence-electron chi connectivity index (χ2n) is 5.32. The maximum atomic E-state index is 13.3. The average Bonchev–Trinajstić information content (AvgIpc) is 2.40. The maximum Gasteiger partial charge on any atom is 0.217 e. The van der Waals surface area contributed by atoms with Crippen molar-refractivity contribution in [2.45, 2.75) is 50.4 Å². The molecule has 1 fully saturated rings. The second kappa shape index (κ2) is 5.70. The van der Waals surface area contributed by atoms with Crippen molar-refractivity contribution in [2.75, 3.05) is 0 Å². The van der Waals surface area contributed by atoms with Crippen LogP contribution in [0.2, 0.25) is 0 Å². The van der Waals surface area contributed by atoms with Gasteiger partial charge in [0.15, 0.2) is 0 Å². The number of nitrogens with one attached hydrogen (secondary N) is 1. The third kappa shape index (κ3) is 3.32. The van der Waals surface area contributed by atoms with E-state index in [2.05, 4.69) is 5.32 Å². The number of aliphatic hydroxyl groups is 1. The first kappa shape index (κ1) is 14.0. The minimum atomic E-state index is -1.06. The normalized spacial score (nSPS) is 28.7. The number of carbonyl (C=O) groups is 1. The zero-order valence-corrected chi connectivity index (χ0v) is 11.1. The SMILES string of the molecule is CC(=O)N[C@@H](c1ccccc1)[C@]1(O)CC[C@@H](F)CC1. The Bertz CT molecular complexity index is 427. The van der Waals surface area contributed by atoms with E-state index in [1.807, 2.05) is 30.3 Å². The molecule has 1 atom stereocenters. The molecule has 1 aromatic carbocycles. The van der Waals surface area contributed by atoms with E-state index in [9.17, 15) is 14.3 Å². The van der Waals surface area contributed by atoms with Crippen molar-refractivity contribution in [1.82, 2.24) is 5.32 Å². The predicted octanol–water partition coefficient (Wildman–Crippen LogP) is 2.51. The molecule has 0 radical (unpaired) electrons. The van der Waals surface area contributed by atoms with E-state index in [1.54, 1.807) is 0 Å². The summed E-state index contributed by atoms with van der Waals surface area (Å²) in [6.07, 6.45) is 0.593. The molecule has 2 rings (SSSR count). The van der Waals surface area contributed by atoms with Gasteiger partial charge in [-0.1, -0.05) is 30.3 Å². The fraction of sp³-hybridized carbons (Fsp3) is 0.533. The van der Waals surface area contributed by atoms with Crippen LogP contribution in [0.5, 0.6) is 0 Å². The lowest BCUT2D eigenvalue weighted by molar-refractivity contribution is -0.123. The van der Waals surface area contributed by atoms with Crippen LogP contribution in [0.3, 0.4) is 0 Å². The molecule has 0 unspecified atom stereocenters. The highest BCUT2D eigenvalue weighted by Crippen LogP contribution is 2.39. The number of halogens is 1. The molecular weight excluding hydrogens is 245 g/mol. The van der Waals surface area contributed by atoms with Gasteiger partial charge < -0.3 is 10.4 Å². The quantitative estimate of drug-likeness (QED) is 0.882. The molecule has 4 heteroatoms. The molecular formula is C15H20FNO2. The standard InChI is InChI=1S/C15H20FNO2/c1-11(18)17-14(12-5-3-2-4-6-12)15(19)9-7-13(16)8-10-15/h2-6,13-14,19H,7-10H2,1H3,(H,17,18)/t13-,14-,15+/m0/s1. The number of carbonyl (C=O) groups excluding carboxylic acids is 1. The Labute approximate surface area is 112 Å². The molecule has 0 saturated heterocycles. The maximum absolute atomic E-state index is 13.3. The van der Waals surface area contributed by atoms with Crippen LogP contribution in [0.25, 0.3) is 0 Å². The number of hydrogen-bond donors (Lipinski definition) is 2. The van der Waals surface area contributed by atoms with E-state index < -0.39 is 17.8 Å². The first-order chi connectivity index (χ1) is 9.01. The Kier molecular flexibility index (Phi) is 4.20. The summed E-state index contributed by atoms with van der Waals surface area (Å²) in [7, 11) is 0. The Hall–Kier alpha value is -1.42. The van der Waals surface area contributed by atoms with Gasteiger partial charge in [-0.3, -0.25) is 4.79 Å². The van der Waals surface area contributed by atoms with Crippen molar-refractivity contribution < 1.29 is 14.3 Å². The third-order valence-electron chi connectivity index (χ3n) is 3.80. The van der Waals surface area contributed by atoms with Crippen LogP contribution < -0.4 is 5.32 Å². The summed E-state index contributed by atoms with van der Waals surface area (Å²) in [5.41, 5.74) is -0.201. The van der Waals surface area contributed by atoms with Crippen molar-refractivity contribution in [2.24, 2.45) is 0 Å². The van der Waals surface area contributed by atoms with Crippen molar-refractivity contribution in [3.63, 3.8) is 0 Å². The third-order valence-corrected chi connectivity index (χ3v) is 3.80. The molecule has 1 aromatic rings. The van der Waals surface area contributed by atoms with E-state index >= 15 is 0 Å². The number of hydrogen-bond acceptors (Lipinski definition) is 2. The van der Waals surface area contributed by atoms with Crippen LogP contribution >= 0.6 is 0 Å². The van der Waals surface area contributed by atoms with Crippen LogP contribution in [0.4, 0.5) is 4.39 Å². The minimum absolute atomic E-state index is 0.190. The summed E-state index contributed by atoms with van der Waals surface area (Å²) in [6, 6.07) is 8.90. The van der Waals surface area contributed by atoms with Crippen LogP contribution in [-0.4, -0.2) is 22.8 Å². The van der Waals surface area contributed by atoms with Gasteiger partial charge >= 0.3 is 0 Å². The Morgan fingerprint density at radius 2 is 1.95 bits per heavy atom. The van der Waals surface area contributed by atoms with Gasteiger partial charge in [-0.15, -0.1) is 0 Å². The smallest absolute Gasteiger partial charge is 0.217 e. The highest BCUT2D eigenvalue weighted by atomic mass is 19.1. The minimum Gasteiger partial charge on any atom is -0.387 e. The summed E-state index contributed by atoms with van der Waals surface area (Å²) in [5, 5.41) is 13.6. The van der Waals surface area contributed by atoms with E-state index in [1.165, 1.54) is 6.92 Å². The van der Waals surface area contributed by atoms with E-state index in [0.717, 1.165) is 5.56 Å². The molecule has 0 spiro atoms. The lowest BCUT2D eigenvalue weighted by Gasteiger charge is -2.40. The number of amides is 1. The highest BCUT2D eigenvalue weighted by Gasteiger charge is 2.41. The molecule has 1 aliphatic carbocycles. The first-order valence-electron chi connectivity index (χ1n) is 6.70. The van der Waals surface area contributed by atoms with Crippen molar-refractivity contribution in [1.29, 1.82) is 0 Å². The topological polar surface area (TPSA) is 49.3 Å². The van der Waals surface area contributed by atoms with Gasteiger partial charge in [-0.05, 0) is 31.2 Å². The van der Waals surface area contributed by atoms with Crippen molar-refractivity contribution in [3.8, 4) is 0 Å². The van der Waals surface area contributed by atoms with Gasteiger partial charge in [0.25, 0.3) is 0 Å². The molecule has 0 aliphatic heterocycles. The second-order valence-corrected chi connectivity index (χ2v) is 5.32. The average molecular weight is 265 g/mol. The predicted molar refractivity (Wildman–Crippen MR) is 71.3 cm³/mol. The van der Waals surface area contributed by atoms with Gasteiger partial charge in [0.1, 0.15) is 6.17 Å². The van der Waals surface area contributed by atoms with Gasteiger partial charge in [-0.25, -0.2) is 4.39 Å². The van der Waals surface area contributed by atoms with Gasteiger partial charge in [-0.2, -0.15) is 0 Å². The summed E-state index contributed by atoms with van der Waals surface area (Å²) in [4.78, 5) is 11.4. The molecule has 1 aliphatic rings. The van der Waals surface area contributed by atoms with Gasteiger partial charge in [0, 0.05) is 6.92 Å². The molecule has 1 amide bonds. The fourth-order valence-corrected chi connectivity index (χ4v) is 2.75. The van der Waals surface area contributed by atoms with Gasteiger partial charge in [0.05, 0.1) is 11.6 Å². The molecule has 104 valence electrons. The van der Waals surface area contributed by atoms with E-state index in [0.29, 0.717) is 25.7 Å². The monoisotopic (exact) mass is 265 g/mol.